The summed E-state index contributed by atoms with van der Waals surface area (Å²) in [6.45, 7) is 4.35. The van der Waals surface area contributed by atoms with Gasteiger partial charge in [0.1, 0.15) is 11.1 Å². The number of nitriles is 1. The average molecular weight is 377 g/mol. The van der Waals surface area contributed by atoms with Crippen molar-refractivity contribution in [1.29, 1.82) is 5.26 Å². The van der Waals surface area contributed by atoms with E-state index in [1.807, 2.05) is 19.9 Å². The number of rotatable bonds is 1. The first-order valence-corrected chi connectivity index (χ1v) is 9.43. The molecule has 7 heteroatoms. The summed E-state index contributed by atoms with van der Waals surface area (Å²) < 4.78 is 5.82. The third-order valence-corrected chi connectivity index (χ3v) is 6.65. The number of carbonyl (C=O) groups is 2. The van der Waals surface area contributed by atoms with E-state index in [0.29, 0.717) is 41.5 Å². The van der Waals surface area contributed by atoms with Crippen LogP contribution in [-0.2, 0) is 27.4 Å². The largest absolute Gasteiger partial charge is 0.370 e. The van der Waals surface area contributed by atoms with E-state index in [-0.39, 0.29) is 23.3 Å². The number of hydrogen-bond donors (Lipinski definition) is 0. The number of imide groups is 1. The highest BCUT2D eigenvalue weighted by atomic mass is 35.5. The third kappa shape index (κ3) is 2.53. The zero-order valence-electron chi connectivity index (χ0n) is 14.0. The molecule has 0 N–H and O–H groups in total. The van der Waals surface area contributed by atoms with Gasteiger partial charge in [0.15, 0.2) is 0 Å². The Kier molecular flexibility index (Phi) is 3.80. The van der Waals surface area contributed by atoms with Crippen LogP contribution in [0.25, 0.3) is 0 Å². The smallest absolute Gasteiger partial charge is 0.238 e. The fraction of sp³-hybridized carbons (Fsp3) is 0.500. The SMILES string of the molecule is CC1(C)Cc2c(sc(N3C(=O)[C@H]4CC=C(Cl)C[C@H]4C3=O)c2C#N)CO1. The molecule has 2 atom stereocenters. The molecule has 5 nitrogen and oxygen atoms in total. The van der Waals surface area contributed by atoms with Gasteiger partial charge < -0.3 is 4.74 Å². The summed E-state index contributed by atoms with van der Waals surface area (Å²) in [6.07, 6.45) is 3.29. The number of anilines is 1. The fourth-order valence-corrected chi connectivity index (χ4v) is 5.29. The van der Waals surface area contributed by atoms with Crippen molar-refractivity contribution >= 4 is 39.8 Å². The van der Waals surface area contributed by atoms with Crippen LogP contribution in [0.4, 0.5) is 5.00 Å². The first kappa shape index (κ1) is 16.8. The maximum absolute atomic E-state index is 12.9. The predicted molar refractivity (Wildman–Crippen MR) is 94.2 cm³/mol. The van der Waals surface area contributed by atoms with Crippen LogP contribution >= 0.6 is 22.9 Å². The second-order valence-electron chi connectivity index (χ2n) is 7.34. The molecule has 2 aliphatic heterocycles. The number of nitrogens with zero attached hydrogens (tertiary/aromatic N) is 2. The van der Waals surface area contributed by atoms with Crippen molar-refractivity contribution in [1.82, 2.24) is 0 Å². The average Bonchev–Trinajstić information content (AvgIpc) is 3.01. The van der Waals surface area contributed by atoms with Crippen LogP contribution in [0, 0.1) is 23.2 Å². The van der Waals surface area contributed by atoms with E-state index in [1.54, 1.807) is 0 Å². The van der Waals surface area contributed by atoms with Gasteiger partial charge in [-0.05, 0) is 32.3 Å². The van der Waals surface area contributed by atoms with Gasteiger partial charge in [-0.15, -0.1) is 11.3 Å². The molecule has 0 saturated carbocycles. The molecule has 2 amide bonds. The van der Waals surface area contributed by atoms with E-state index >= 15 is 0 Å². The molecule has 0 radical (unpaired) electrons. The summed E-state index contributed by atoms with van der Waals surface area (Å²) in [6, 6.07) is 2.22. The number of halogens is 1. The minimum absolute atomic E-state index is 0.217. The van der Waals surface area contributed by atoms with Gasteiger partial charge in [0, 0.05) is 16.3 Å². The molecule has 1 aliphatic carbocycles. The minimum atomic E-state index is -0.414. The number of allylic oxidation sites excluding steroid dienone is 2. The molecule has 4 rings (SSSR count). The Morgan fingerprint density at radius 2 is 2.08 bits per heavy atom. The predicted octanol–water partition coefficient (Wildman–Crippen LogP) is 3.49. The Morgan fingerprint density at radius 3 is 2.80 bits per heavy atom. The summed E-state index contributed by atoms with van der Waals surface area (Å²) in [5.74, 6) is -1.24. The highest BCUT2D eigenvalue weighted by Crippen LogP contribution is 2.47. The molecule has 0 spiro atoms. The summed E-state index contributed by atoms with van der Waals surface area (Å²) >= 11 is 7.40. The zero-order chi connectivity index (χ0) is 17.9. The van der Waals surface area contributed by atoms with Crippen molar-refractivity contribution in [2.45, 2.75) is 45.3 Å². The van der Waals surface area contributed by atoms with Crippen LogP contribution in [0.2, 0.25) is 0 Å². The number of ether oxygens (including phenoxy) is 1. The summed E-state index contributed by atoms with van der Waals surface area (Å²) in [5, 5.41) is 10.8. The van der Waals surface area contributed by atoms with Gasteiger partial charge in [-0.25, -0.2) is 4.90 Å². The van der Waals surface area contributed by atoms with E-state index in [2.05, 4.69) is 6.07 Å². The Labute approximate surface area is 154 Å². The normalized spacial score (nSPS) is 27.6. The van der Waals surface area contributed by atoms with Crippen LogP contribution in [-0.4, -0.2) is 17.4 Å². The first-order valence-electron chi connectivity index (χ1n) is 8.23. The Balaban J connectivity index is 1.77. The van der Waals surface area contributed by atoms with Gasteiger partial charge in [-0.1, -0.05) is 17.7 Å². The Bertz CT molecular complexity index is 864. The number of carbonyl (C=O) groups excluding carboxylic acids is 2. The molecule has 130 valence electrons. The fourth-order valence-electron chi connectivity index (χ4n) is 3.84. The van der Waals surface area contributed by atoms with Crippen molar-refractivity contribution in [3.63, 3.8) is 0 Å². The van der Waals surface area contributed by atoms with E-state index in [0.717, 1.165) is 10.4 Å². The highest BCUT2D eigenvalue weighted by Gasteiger charge is 2.50. The van der Waals surface area contributed by atoms with Gasteiger partial charge in [0.05, 0.1) is 29.6 Å². The van der Waals surface area contributed by atoms with Gasteiger partial charge in [-0.3, -0.25) is 9.59 Å². The third-order valence-electron chi connectivity index (χ3n) is 5.15. The molecular formula is C18H17ClN2O3S. The molecule has 1 saturated heterocycles. The molecule has 1 aromatic heterocycles. The molecule has 3 aliphatic rings. The summed E-state index contributed by atoms with van der Waals surface area (Å²) in [7, 11) is 0. The zero-order valence-corrected chi connectivity index (χ0v) is 15.5. The van der Waals surface area contributed by atoms with E-state index in [4.69, 9.17) is 16.3 Å². The quantitative estimate of drug-likeness (QED) is 0.703. The van der Waals surface area contributed by atoms with E-state index in [9.17, 15) is 14.9 Å². The number of fused-ring (bicyclic) bond motifs is 2. The van der Waals surface area contributed by atoms with Gasteiger partial charge in [-0.2, -0.15) is 5.26 Å². The lowest BCUT2D eigenvalue weighted by Crippen LogP contribution is -2.32. The maximum Gasteiger partial charge on any atom is 0.238 e. The molecule has 1 aromatic rings. The van der Waals surface area contributed by atoms with Crippen molar-refractivity contribution in [3.8, 4) is 6.07 Å². The lowest BCUT2D eigenvalue weighted by atomic mass is 9.85. The second-order valence-corrected chi connectivity index (χ2v) is 8.91. The molecule has 1 fully saturated rings. The van der Waals surface area contributed by atoms with Crippen LogP contribution in [0.5, 0.6) is 0 Å². The van der Waals surface area contributed by atoms with E-state index in [1.165, 1.54) is 16.2 Å². The van der Waals surface area contributed by atoms with Gasteiger partial charge in [0.2, 0.25) is 11.8 Å². The first-order chi connectivity index (χ1) is 11.8. The monoisotopic (exact) mass is 376 g/mol. The van der Waals surface area contributed by atoms with Gasteiger partial charge >= 0.3 is 0 Å². The summed E-state index contributed by atoms with van der Waals surface area (Å²) in [5.41, 5.74) is 0.989. The Hall–Kier alpha value is -1.68. The molecule has 0 bridgehead atoms. The lowest BCUT2D eigenvalue weighted by molar-refractivity contribution is -0.122. The number of thiophene rings is 1. The molecule has 25 heavy (non-hydrogen) atoms. The standard InChI is InChI=1S/C18H17ClN2O3S/c1-18(2)6-12-13(7-20)17(25-14(12)8-24-18)21-15(22)10-4-3-9(19)5-11(10)16(21)23/h3,10-11H,4-6,8H2,1-2H3/t10-,11+/m0/s1. The minimum Gasteiger partial charge on any atom is -0.370 e. The topological polar surface area (TPSA) is 70.4 Å². The second kappa shape index (κ2) is 5.66. The van der Waals surface area contributed by atoms with Crippen LogP contribution < -0.4 is 4.90 Å². The molecule has 3 heterocycles. The number of amides is 2. The lowest BCUT2D eigenvalue weighted by Gasteiger charge is -2.29. The van der Waals surface area contributed by atoms with Crippen molar-refractivity contribution in [2.24, 2.45) is 11.8 Å². The highest BCUT2D eigenvalue weighted by molar-refractivity contribution is 7.17. The Morgan fingerprint density at radius 1 is 1.36 bits per heavy atom. The van der Waals surface area contributed by atoms with Crippen LogP contribution in [0.1, 0.15) is 42.7 Å². The molecular weight excluding hydrogens is 360 g/mol. The van der Waals surface area contributed by atoms with Crippen molar-refractivity contribution in [2.75, 3.05) is 4.90 Å². The van der Waals surface area contributed by atoms with Crippen molar-refractivity contribution in [3.05, 3.63) is 27.1 Å². The summed E-state index contributed by atoms with van der Waals surface area (Å²) in [4.78, 5) is 27.9. The maximum atomic E-state index is 12.9. The molecule has 0 unspecified atom stereocenters. The number of hydrogen-bond acceptors (Lipinski definition) is 5. The van der Waals surface area contributed by atoms with Crippen molar-refractivity contribution < 1.29 is 14.3 Å². The van der Waals surface area contributed by atoms with Gasteiger partial charge in [0.25, 0.3) is 0 Å². The van der Waals surface area contributed by atoms with Crippen LogP contribution in [0.3, 0.4) is 0 Å². The van der Waals surface area contributed by atoms with E-state index < -0.39 is 5.92 Å². The van der Waals surface area contributed by atoms with Crippen LogP contribution in [0.15, 0.2) is 11.1 Å². The molecule has 0 aromatic carbocycles.